The molecule has 7 heteroatoms. The minimum Gasteiger partial charge on any atom is -0.396 e. The topological polar surface area (TPSA) is 80.9 Å². The Morgan fingerprint density at radius 1 is 0.382 bits per heavy atom. The van der Waals surface area contributed by atoms with E-state index in [-0.39, 0.29) is 36.3 Å². The molecule has 0 saturated carbocycles. The Labute approximate surface area is 228 Å². The Morgan fingerprint density at radius 3 is 1.06 bits per heavy atom. The average molecular weight is 614 g/mol. The van der Waals surface area contributed by atoms with Crippen molar-refractivity contribution in [1.29, 1.82) is 0 Å². The van der Waals surface area contributed by atoms with Crippen LogP contribution < -0.4 is 0 Å². The molecule has 0 aromatic rings. The summed E-state index contributed by atoms with van der Waals surface area (Å²) in [6.07, 6.45) is 29.7. The molecule has 0 atom stereocenters. The van der Waals surface area contributed by atoms with E-state index in [1.165, 1.54) is 101 Å². The molecule has 34 heavy (non-hydrogen) atoms. The average Bonchev–Trinajstić information content (AvgIpc) is 2.82. The molecule has 0 unspecified atom stereocenters. The van der Waals surface area contributed by atoms with Crippen LogP contribution in [0.3, 0.4) is 0 Å². The molecule has 0 heterocycles. The molecular weight excluding hydrogens is 557 g/mol. The number of rotatable bonds is 28. The van der Waals surface area contributed by atoms with Crippen molar-refractivity contribution in [3.8, 4) is 0 Å². The molecule has 0 aromatic heterocycles. The monoisotopic (exact) mass is 613 g/mol. The molecule has 0 spiro atoms. The van der Waals surface area contributed by atoms with E-state index in [1.807, 2.05) is 0 Å². The smallest absolute Gasteiger partial charge is 0.0431 e. The number of aliphatic hydroxyl groups excluding tert-OH is 4. The Bertz CT molecular complexity index is 308. The fourth-order valence-corrected chi connectivity index (χ4v) is 9.27. The summed E-state index contributed by atoms with van der Waals surface area (Å²) in [6, 6.07) is 0. The van der Waals surface area contributed by atoms with Crippen LogP contribution in [0, 0.1) is 6.16 Å². The van der Waals surface area contributed by atoms with E-state index in [2.05, 4.69) is 6.16 Å². The first kappa shape index (κ1) is 37.5. The predicted octanol–water partition coefficient (Wildman–Crippen LogP) is 6.71. The van der Waals surface area contributed by atoms with E-state index in [4.69, 9.17) is 20.4 Å². The van der Waals surface area contributed by atoms with Gasteiger partial charge in [-0.2, -0.15) is 6.42 Å². The van der Waals surface area contributed by atoms with Gasteiger partial charge in [-0.25, -0.2) is 0 Å². The van der Waals surface area contributed by atoms with E-state index in [0.29, 0.717) is 26.4 Å². The second-order valence-electron chi connectivity index (χ2n) is 9.40. The minimum atomic E-state index is 0. The van der Waals surface area contributed by atoms with Gasteiger partial charge in [0.15, 0.2) is 0 Å². The van der Waals surface area contributed by atoms with Gasteiger partial charge in [-0.1, -0.05) is 82.7 Å². The fraction of sp³-hybridized carbons (Fsp3) is 0.963. The number of hydrogen-bond donors (Lipinski definition) is 4. The molecule has 4 nitrogen and oxygen atoms in total. The minimum absolute atomic E-state index is 0. The van der Waals surface area contributed by atoms with Gasteiger partial charge < -0.3 is 26.6 Å². The summed E-state index contributed by atoms with van der Waals surface area (Å²) < 4.78 is 0. The second kappa shape index (κ2) is 32.4. The molecule has 0 bridgehead atoms. The van der Waals surface area contributed by atoms with E-state index in [9.17, 15) is 0 Å². The first-order valence-electron chi connectivity index (χ1n) is 14.0. The van der Waals surface area contributed by atoms with Gasteiger partial charge >= 0.3 is 0 Å². The van der Waals surface area contributed by atoms with Crippen LogP contribution in [-0.2, 0) is 20.4 Å². The fourth-order valence-electron chi connectivity index (χ4n) is 4.21. The quantitative estimate of drug-likeness (QED) is 0.0342. The van der Waals surface area contributed by atoms with Crippen LogP contribution in [0.4, 0.5) is 0 Å². The van der Waals surface area contributed by atoms with Crippen molar-refractivity contribution in [2.24, 2.45) is 0 Å². The molecule has 0 aliphatic heterocycles. The Balaban J connectivity index is 0. The van der Waals surface area contributed by atoms with E-state index < -0.39 is 0 Å². The Kier molecular flexibility index (Phi) is 35.7. The summed E-state index contributed by atoms with van der Waals surface area (Å²) in [7, 11) is 0.154. The molecule has 210 valence electrons. The second-order valence-corrected chi connectivity index (χ2v) is 14.5. The summed E-state index contributed by atoms with van der Waals surface area (Å²) >= 11 is 0. The van der Waals surface area contributed by atoms with Crippen LogP contribution in [0.2, 0.25) is 0 Å². The summed E-state index contributed by atoms with van der Waals surface area (Å²) in [5.41, 5.74) is 0. The van der Waals surface area contributed by atoms with Crippen molar-refractivity contribution in [1.82, 2.24) is 0 Å². The van der Waals surface area contributed by atoms with Crippen LogP contribution in [0.1, 0.15) is 109 Å². The zero-order valence-corrected chi connectivity index (χ0v) is 25.3. The van der Waals surface area contributed by atoms with Crippen LogP contribution in [-0.4, -0.2) is 77.7 Å². The maximum Gasteiger partial charge on any atom is 0.0431 e. The summed E-state index contributed by atoms with van der Waals surface area (Å²) in [6.45, 7) is 1.32. The molecule has 0 aromatic carbocycles. The molecule has 0 radical (unpaired) electrons. The maximum atomic E-state index is 9.00. The molecule has 0 saturated heterocycles. The standard InChI is InChI=1S/C27H57O4P2.Pd/c28-18-9-1-5-13-22-32(23-14-6-2-10-19-29)26-17-27-33(24-15-7-3-11-20-30)25-16-8-4-12-21-31;/h26,28-31H,1-25,27H2;/q-1;. The van der Waals surface area contributed by atoms with Gasteiger partial charge in [0.2, 0.25) is 0 Å². The van der Waals surface area contributed by atoms with Gasteiger partial charge in [0.05, 0.1) is 0 Å². The first-order chi connectivity index (χ1) is 16.3. The molecular formula is C27H57O4P2Pd-. The Morgan fingerprint density at radius 2 is 0.706 bits per heavy atom. The molecule has 4 N–H and O–H groups in total. The third-order valence-electron chi connectivity index (χ3n) is 6.30. The van der Waals surface area contributed by atoms with Gasteiger partial charge in [-0.05, 0) is 50.8 Å². The van der Waals surface area contributed by atoms with Gasteiger partial charge in [0, 0.05) is 46.9 Å². The van der Waals surface area contributed by atoms with Crippen molar-refractivity contribution in [3.63, 3.8) is 0 Å². The van der Waals surface area contributed by atoms with Crippen molar-refractivity contribution < 1.29 is 40.8 Å². The van der Waals surface area contributed by atoms with Crippen LogP contribution in [0.25, 0.3) is 0 Å². The number of hydrogen-bond acceptors (Lipinski definition) is 4. The van der Waals surface area contributed by atoms with Gasteiger partial charge in [0.1, 0.15) is 0 Å². The van der Waals surface area contributed by atoms with E-state index in [1.54, 1.807) is 0 Å². The third kappa shape index (κ3) is 27.9. The van der Waals surface area contributed by atoms with Crippen molar-refractivity contribution in [3.05, 3.63) is 6.16 Å². The van der Waals surface area contributed by atoms with Crippen LogP contribution in [0.15, 0.2) is 0 Å². The van der Waals surface area contributed by atoms with Crippen molar-refractivity contribution >= 4 is 15.8 Å². The van der Waals surface area contributed by atoms with E-state index >= 15 is 0 Å². The largest absolute Gasteiger partial charge is 0.396 e. The summed E-state index contributed by atoms with van der Waals surface area (Å²) in [5, 5.41) is 36.0. The van der Waals surface area contributed by atoms with Crippen LogP contribution in [0.5, 0.6) is 0 Å². The Hall–Kier alpha value is 1.36. The number of unbranched alkanes of at least 4 members (excludes halogenated alkanes) is 12. The molecule has 0 rings (SSSR count). The normalized spacial score (nSPS) is 11.5. The zero-order valence-electron chi connectivity index (χ0n) is 22.0. The molecule has 0 fully saturated rings. The van der Waals surface area contributed by atoms with Crippen molar-refractivity contribution in [2.45, 2.75) is 109 Å². The van der Waals surface area contributed by atoms with E-state index in [0.717, 1.165) is 38.5 Å². The summed E-state index contributed by atoms with van der Waals surface area (Å²) in [5.74, 6) is 0. The molecule has 0 amide bonds. The van der Waals surface area contributed by atoms with Crippen LogP contribution >= 0.6 is 15.8 Å². The van der Waals surface area contributed by atoms with Crippen molar-refractivity contribution in [2.75, 3.05) is 57.2 Å². The third-order valence-corrected chi connectivity index (χ3v) is 11.6. The molecule has 0 aliphatic carbocycles. The summed E-state index contributed by atoms with van der Waals surface area (Å²) in [4.78, 5) is 0. The zero-order chi connectivity index (χ0) is 24.2. The predicted molar refractivity (Wildman–Crippen MR) is 149 cm³/mol. The number of aliphatic hydroxyl groups is 4. The first-order valence-corrected chi connectivity index (χ1v) is 17.7. The van der Waals surface area contributed by atoms with Gasteiger partial charge in [0.25, 0.3) is 0 Å². The van der Waals surface area contributed by atoms with Gasteiger partial charge in [-0.3, -0.25) is 7.92 Å². The molecule has 0 aliphatic rings. The SMILES string of the molecule is OCCCCCCP([CH-]CCP(CCCCCCO)CCCCCCO)CCCCCCO.[Pd]. The van der Waals surface area contributed by atoms with Gasteiger partial charge in [-0.15, -0.1) is 7.92 Å². The maximum absolute atomic E-state index is 9.00.